The molecule has 1 N–H and O–H groups in total. The Morgan fingerprint density at radius 2 is 2.27 bits per heavy atom. The molecule has 2 rings (SSSR count). The van der Waals surface area contributed by atoms with E-state index in [1.54, 1.807) is 0 Å². The molecule has 5 heteroatoms. The number of hydrogen-bond acceptors (Lipinski definition) is 2. The number of aryl methyl sites for hydroxylation is 1. The van der Waals surface area contributed by atoms with Crippen LogP contribution in [0.1, 0.15) is 37.9 Å². The molecule has 0 spiro atoms. The van der Waals surface area contributed by atoms with E-state index in [-0.39, 0.29) is 24.0 Å². The van der Waals surface area contributed by atoms with Crippen LogP contribution in [0.4, 0.5) is 0 Å². The summed E-state index contributed by atoms with van der Waals surface area (Å²) < 4.78 is 0. The second-order valence-electron chi connectivity index (χ2n) is 5.99. The van der Waals surface area contributed by atoms with Gasteiger partial charge in [-0.15, -0.1) is 24.0 Å². The zero-order valence-corrected chi connectivity index (χ0v) is 16.3. The minimum atomic E-state index is 0. The van der Waals surface area contributed by atoms with Gasteiger partial charge in [0, 0.05) is 38.1 Å². The van der Waals surface area contributed by atoms with Crippen molar-refractivity contribution in [1.82, 2.24) is 15.2 Å². The fourth-order valence-electron chi connectivity index (χ4n) is 2.74. The third-order valence-corrected chi connectivity index (χ3v) is 3.93. The van der Waals surface area contributed by atoms with E-state index in [0.717, 1.165) is 50.2 Å². The third kappa shape index (κ3) is 6.10. The van der Waals surface area contributed by atoms with Gasteiger partial charge in [-0.2, -0.15) is 0 Å². The largest absolute Gasteiger partial charge is 0.357 e. The quantitative estimate of drug-likeness (QED) is 0.466. The van der Waals surface area contributed by atoms with Gasteiger partial charge >= 0.3 is 0 Å². The number of rotatable bonds is 4. The van der Waals surface area contributed by atoms with Gasteiger partial charge < -0.3 is 10.2 Å². The lowest BCUT2D eigenvalue weighted by Gasteiger charge is -2.33. The van der Waals surface area contributed by atoms with Crippen molar-refractivity contribution in [2.24, 2.45) is 10.9 Å². The van der Waals surface area contributed by atoms with Crippen molar-refractivity contribution in [3.05, 3.63) is 29.6 Å². The highest BCUT2D eigenvalue weighted by atomic mass is 127. The van der Waals surface area contributed by atoms with Crippen molar-refractivity contribution in [3.8, 4) is 0 Å². The van der Waals surface area contributed by atoms with Gasteiger partial charge in [0.15, 0.2) is 5.96 Å². The molecule has 0 aromatic carbocycles. The van der Waals surface area contributed by atoms with Gasteiger partial charge in [0.05, 0.1) is 0 Å². The number of guanidine groups is 1. The molecule has 1 aromatic heterocycles. The molecule has 1 atom stereocenters. The summed E-state index contributed by atoms with van der Waals surface area (Å²) >= 11 is 0. The number of likely N-dealkylation sites (tertiary alicyclic amines) is 1. The molecule has 124 valence electrons. The van der Waals surface area contributed by atoms with Gasteiger partial charge in [-0.25, -0.2) is 0 Å². The standard InChI is InChI=1S/C17H28N4.HI/c1-4-18-17(21-11-5-6-14(2)13-21)19-10-9-16-8-7-15(3)20-12-16;/h7-8,12,14H,4-6,9-11,13H2,1-3H3,(H,18,19);1H. The molecule has 0 amide bonds. The minimum absolute atomic E-state index is 0. The van der Waals surface area contributed by atoms with Crippen LogP contribution in [-0.4, -0.2) is 42.0 Å². The van der Waals surface area contributed by atoms with Crippen LogP contribution in [0.25, 0.3) is 0 Å². The Kier molecular flexibility index (Phi) is 8.75. The Bertz CT molecular complexity index is 458. The van der Waals surface area contributed by atoms with Crippen LogP contribution in [0, 0.1) is 12.8 Å². The Labute approximate surface area is 151 Å². The van der Waals surface area contributed by atoms with E-state index < -0.39 is 0 Å². The summed E-state index contributed by atoms with van der Waals surface area (Å²) in [5.74, 6) is 1.84. The molecule has 0 aliphatic carbocycles. The number of halogens is 1. The first kappa shape index (κ1) is 19.2. The first-order valence-corrected chi connectivity index (χ1v) is 8.14. The SMILES string of the molecule is CCNC(=NCCc1ccc(C)nc1)N1CCCC(C)C1.I. The molecule has 0 bridgehead atoms. The number of pyridine rings is 1. The fourth-order valence-corrected chi connectivity index (χ4v) is 2.74. The highest BCUT2D eigenvalue weighted by molar-refractivity contribution is 14.0. The van der Waals surface area contributed by atoms with Gasteiger partial charge in [-0.3, -0.25) is 9.98 Å². The van der Waals surface area contributed by atoms with Gasteiger partial charge in [-0.1, -0.05) is 13.0 Å². The number of piperidine rings is 1. The van der Waals surface area contributed by atoms with E-state index in [1.807, 2.05) is 13.1 Å². The maximum atomic E-state index is 4.79. The van der Waals surface area contributed by atoms with Gasteiger partial charge in [0.1, 0.15) is 0 Å². The zero-order chi connectivity index (χ0) is 15.1. The van der Waals surface area contributed by atoms with Crippen LogP contribution in [0.3, 0.4) is 0 Å². The normalized spacial score (nSPS) is 18.8. The molecule has 1 aliphatic heterocycles. The average molecular weight is 416 g/mol. The molecule has 1 aliphatic rings. The lowest BCUT2D eigenvalue weighted by atomic mass is 10.0. The summed E-state index contributed by atoms with van der Waals surface area (Å²) in [6.45, 7) is 10.5. The summed E-state index contributed by atoms with van der Waals surface area (Å²) in [6, 6.07) is 4.21. The van der Waals surface area contributed by atoms with Crippen molar-refractivity contribution in [1.29, 1.82) is 0 Å². The molecule has 4 nitrogen and oxygen atoms in total. The maximum Gasteiger partial charge on any atom is 0.193 e. The Hall–Kier alpha value is -0.850. The second-order valence-corrected chi connectivity index (χ2v) is 5.99. The average Bonchev–Trinajstić information content (AvgIpc) is 2.48. The van der Waals surface area contributed by atoms with Crippen LogP contribution in [-0.2, 0) is 6.42 Å². The van der Waals surface area contributed by atoms with Crippen molar-refractivity contribution in [3.63, 3.8) is 0 Å². The van der Waals surface area contributed by atoms with E-state index in [2.05, 4.69) is 41.2 Å². The topological polar surface area (TPSA) is 40.5 Å². The minimum Gasteiger partial charge on any atom is -0.357 e. The van der Waals surface area contributed by atoms with E-state index in [0.29, 0.717) is 0 Å². The van der Waals surface area contributed by atoms with Crippen LogP contribution in [0.2, 0.25) is 0 Å². The van der Waals surface area contributed by atoms with Crippen molar-refractivity contribution in [2.75, 3.05) is 26.2 Å². The Morgan fingerprint density at radius 1 is 1.45 bits per heavy atom. The van der Waals surface area contributed by atoms with Crippen molar-refractivity contribution in [2.45, 2.75) is 40.0 Å². The Morgan fingerprint density at radius 3 is 2.91 bits per heavy atom. The molecule has 0 saturated carbocycles. The maximum absolute atomic E-state index is 4.79. The smallest absolute Gasteiger partial charge is 0.193 e. The second kappa shape index (κ2) is 10.0. The molecule has 1 fully saturated rings. The van der Waals surface area contributed by atoms with Crippen LogP contribution >= 0.6 is 24.0 Å². The molecular weight excluding hydrogens is 387 g/mol. The summed E-state index contributed by atoms with van der Waals surface area (Å²) in [5.41, 5.74) is 2.32. The lowest BCUT2D eigenvalue weighted by Crippen LogP contribution is -2.46. The van der Waals surface area contributed by atoms with Gasteiger partial charge in [0.25, 0.3) is 0 Å². The van der Waals surface area contributed by atoms with E-state index >= 15 is 0 Å². The van der Waals surface area contributed by atoms with Gasteiger partial charge in [0.2, 0.25) is 0 Å². The molecule has 1 unspecified atom stereocenters. The number of aliphatic imine (C=N–C) groups is 1. The van der Waals surface area contributed by atoms with Crippen LogP contribution in [0.5, 0.6) is 0 Å². The van der Waals surface area contributed by atoms with E-state index in [1.165, 1.54) is 18.4 Å². The molecule has 0 radical (unpaired) electrons. The van der Waals surface area contributed by atoms with E-state index in [4.69, 9.17) is 4.99 Å². The summed E-state index contributed by atoms with van der Waals surface area (Å²) in [5, 5.41) is 3.43. The highest BCUT2D eigenvalue weighted by Gasteiger charge is 2.18. The molecular formula is C17H29IN4. The first-order valence-electron chi connectivity index (χ1n) is 8.14. The predicted molar refractivity (Wildman–Crippen MR) is 104 cm³/mol. The monoisotopic (exact) mass is 416 g/mol. The predicted octanol–water partition coefficient (Wildman–Crippen LogP) is 3.25. The number of nitrogens with one attached hydrogen (secondary N) is 1. The molecule has 1 aromatic rings. The summed E-state index contributed by atoms with van der Waals surface area (Å²) in [6.07, 6.45) is 5.52. The van der Waals surface area contributed by atoms with Crippen LogP contribution in [0.15, 0.2) is 23.3 Å². The van der Waals surface area contributed by atoms with E-state index in [9.17, 15) is 0 Å². The Balaban J connectivity index is 0.00000242. The van der Waals surface area contributed by atoms with Crippen molar-refractivity contribution >= 4 is 29.9 Å². The first-order chi connectivity index (χ1) is 10.2. The lowest BCUT2D eigenvalue weighted by molar-refractivity contribution is 0.266. The zero-order valence-electron chi connectivity index (χ0n) is 14.0. The summed E-state index contributed by atoms with van der Waals surface area (Å²) in [7, 11) is 0. The van der Waals surface area contributed by atoms with Gasteiger partial charge in [-0.05, 0) is 50.7 Å². The van der Waals surface area contributed by atoms with Crippen LogP contribution < -0.4 is 5.32 Å². The molecule has 1 saturated heterocycles. The number of nitrogens with zero attached hydrogens (tertiary/aromatic N) is 3. The number of aromatic nitrogens is 1. The number of hydrogen-bond donors (Lipinski definition) is 1. The summed E-state index contributed by atoms with van der Waals surface area (Å²) in [4.78, 5) is 11.5. The highest BCUT2D eigenvalue weighted by Crippen LogP contribution is 2.15. The van der Waals surface area contributed by atoms with Crippen molar-refractivity contribution < 1.29 is 0 Å². The fraction of sp³-hybridized carbons (Fsp3) is 0.647. The molecule has 2 heterocycles. The molecule has 22 heavy (non-hydrogen) atoms. The third-order valence-electron chi connectivity index (χ3n) is 3.93.